The van der Waals surface area contributed by atoms with Gasteiger partial charge in [0.25, 0.3) is 0 Å². The number of alkyl halides is 4. The smallest absolute Gasteiger partial charge is 0.298 e. The van der Waals surface area contributed by atoms with Crippen molar-refractivity contribution in [3.63, 3.8) is 0 Å². The molecule has 0 aromatic heterocycles. The molecule has 1 rings (SSSR count). The number of rotatable bonds is 4. The predicted octanol–water partition coefficient (Wildman–Crippen LogP) is 3.86. The van der Waals surface area contributed by atoms with E-state index in [1.54, 1.807) is 13.0 Å². The van der Waals surface area contributed by atoms with E-state index in [4.69, 9.17) is 5.26 Å². The van der Waals surface area contributed by atoms with Crippen molar-refractivity contribution in [1.82, 2.24) is 0 Å². The molecule has 0 bridgehead atoms. The minimum absolute atomic E-state index is 0.0520. The summed E-state index contributed by atoms with van der Waals surface area (Å²) in [4.78, 5) is 10.9. The average Bonchev–Trinajstić information content (AvgIpc) is 2.36. The summed E-state index contributed by atoms with van der Waals surface area (Å²) in [6.45, 7) is 1.70. The van der Waals surface area contributed by atoms with E-state index in [2.05, 4.69) is 15.9 Å². The summed E-state index contributed by atoms with van der Waals surface area (Å²) in [5.41, 5.74) is -0.483. The first kappa shape index (κ1) is 15.7. The van der Waals surface area contributed by atoms with Gasteiger partial charge in [0, 0.05) is 6.42 Å². The quantitative estimate of drug-likeness (QED) is 0.785. The number of hydrogen-bond acceptors (Lipinski definition) is 2. The third-order valence-corrected chi connectivity index (χ3v) is 3.49. The molecule has 0 N–H and O–H groups in total. The predicted molar refractivity (Wildman–Crippen MR) is 67.9 cm³/mol. The first-order valence-corrected chi connectivity index (χ1v) is 6.48. The zero-order chi connectivity index (χ0) is 14.6. The first-order valence-electron chi connectivity index (χ1n) is 5.56. The van der Waals surface area contributed by atoms with Crippen LogP contribution in [-0.2, 0) is 17.4 Å². The maximum absolute atomic E-state index is 12.5. The summed E-state index contributed by atoms with van der Waals surface area (Å²) in [7, 11) is 0. The van der Waals surface area contributed by atoms with E-state index in [1.807, 2.05) is 0 Å². The molecule has 0 aliphatic rings. The van der Waals surface area contributed by atoms with Crippen LogP contribution in [0.2, 0.25) is 0 Å². The van der Waals surface area contributed by atoms with Crippen LogP contribution in [0.1, 0.15) is 30.0 Å². The molecule has 0 amide bonds. The summed E-state index contributed by atoms with van der Waals surface area (Å²) < 4.78 is 37.5. The molecule has 0 spiro atoms. The Hall–Kier alpha value is -1.35. The number of hydrogen-bond donors (Lipinski definition) is 0. The van der Waals surface area contributed by atoms with Crippen molar-refractivity contribution in [3.8, 4) is 6.07 Å². The number of halogens is 4. The normalized spacial score (nSPS) is 12.8. The lowest BCUT2D eigenvalue weighted by atomic mass is 9.99. The zero-order valence-corrected chi connectivity index (χ0v) is 11.7. The van der Waals surface area contributed by atoms with Crippen LogP contribution in [0.15, 0.2) is 18.2 Å². The van der Waals surface area contributed by atoms with Gasteiger partial charge in [-0.2, -0.15) is 18.4 Å². The van der Waals surface area contributed by atoms with Gasteiger partial charge >= 0.3 is 6.18 Å². The second kappa shape index (κ2) is 6.20. The van der Waals surface area contributed by atoms with E-state index in [0.717, 1.165) is 12.1 Å². The fourth-order valence-corrected chi connectivity index (χ4v) is 2.24. The van der Waals surface area contributed by atoms with Gasteiger partial charge in [-0.05, 0) is 24.1 Å². The zero-order valence-electron chi connectivity index (χ0n) is 10.1. The monoisotopic (exact) mass is 333 g/mol. The summed E-state index contributed by atoms with van der Waals surface area (Å²) >= 11 is 3.18. The van der Waals surface area contributed by atoms with Crippen LogP contribution in [0.4, 0.5) is 13.2 Å². The molecular formula is C13H11BrF3NO. The van der Waals surface area contributed by atoms with Crippen LogP contribution in [0.3, 0.4) is 0 Å². The van der Waals surface area contributed by atoms with Crippen LogP contribution in [0.5, 0.6) is 0 Å². The molecule has 0 fully saturated rings. The molecule has 2 nitrogen and oxygen atoms in total. The number of carbonyl (C=O) groups excluding carboxylic acids is 1. The first-order chi connectivity index (χ1) is 8.79. The van der Waals surface area contributed by atoms with Crippen molar-refractivity contribution in [2.45, 2.75) is 30.8 Å². The van der Waals surface area contributed by atoms with Crippen LogP contribution >= 0.6 is 15.9 Å². The molecule has 0 aliphatic carbocycles. The van der Waals surface area contributed by atoms with Crippen molar-refractivity contribution < 1.29 is 18.0 Å². The number of nitrogens with zero attached hydrogens (tertiary/aromatic N) is 1. The summed E-state index contributed by atoms with van der Waals surface area (Å²) in [6.07, 6.45) is -3.94. The topological polar surface area (TPSA) is 40.9 Å². The Labute approximate surface area is 117 Å². The highest BCUT2D eigenvalue weighted by atomic mass is 79.9. The fraction of sp³-hybridized carbons (Fsp3) is 0.385. The molecule has 1 aromatic carbocycles. The highest BCUT2D eigenvalue weighted by Gasteiger charge is 2.31. The Morgan fingerprint density at radius 1 is 1.47 bits per heavy atom. The molecule has 6 heteroatoms. The summed E-state index contributed by atoms with van der Waals surface area (Å²) in [5.74, 6) is -0.0520. The maximum Gasteiger partial charge on any atom is 0.416 e. The minimum Gasteiger partial charge on any atom is -0.298 e. The lowest BCUT2D eigenvalue weighted by Crippen LogP contribution is -2.16. The second-order valence-corrected chi connectivity index (χ2v) is 5.08. The van der Waals surface area contributed by atoms with Gasteiger partial charge in [0.15, 0.2) is 0 Å². The van der Waals surface area contributed by atoms with Crippen molar-refractivity contribution in [2.24, 2.45) is 0 Å². The average molecular weight is 334 g/mol. The molecular weight excluding hydrogens is 323 g/mol. The standard InChI is InChI=1S/C13H11BrF3NO/c1-2-12(19)11(14)6-8-3-4-10(13(15,16)17)5-9(8)7-18/h3-5,11H,2,6H2,1H3. The van der Waals surface area contributed by atoms with Gasteiger partial charge in [-0.15, -0.1) is 0 Å². The molecule has 0 radical (unpaired) electrons. The Morgan fingerprint density at radius 3 is 2.58 bits per heavy atom. The van der Waals surface area contributed by atoms with E-state index in [-0.39, 0.29) is 17.8 Å². The molecule has 1 aromatic rings. The molecule has 19 heavy (non-hydrogen) atoms. The Kier molecular flexibility index (Phi) is 5.12. The molecule has 0 heterocycles. The molecule has 0 aliphatic heterocycles. The number of ketones is 1. The fourth-order valence-electron chi connectivity index (χ4n) is 1.56. The Morgan fingerprint density at radius 2 is 2.11 bits per heavy atom. The summed E-state index contributed by atoms with van der Waals surface area (Å²) in [6, 6.07) is 4.72. The molecule has 102 valence electrons. The van der Waals surface area contributed by atoms with Gasteiger partial charge < -0.3 is 0 Å². The second-order valence-electron chi connectivity index (χ2n) is 3.97. The Balaban J connectivity index is 3.05. The Bertz CT molecular complexity index is 520. The summed E-state index contributed by atoms with van der Waals surface area (Å²) in [5, 5.41) is 8.90. The third-order valence-electron chi connectivity index (χ3n) is 2.65. The maximum atomic E-state index is 12.5. The number of Topliss-reactive ketones (excluding diaryl/α,β-unsaturated/α-hetero) is 1. The SMILES string of the molecule is CCC(=O)C(Br)Cc1ccc(C(F)(F)F)cc1C#N. The molecule has 0 saturated heterocycles. The van der Waals surface area contributed by atoms with Crippen LogP contribution in [0.25, 0.3) is 0 Å². The lowest BCUT2D eigenvalue weighted by Gasteiger charge is -2.12. The van der Waals surface area contributed by atoms with Crippen molar-refractivity contribution in [2.75, 3.05) is 0 Å². The van der Waals surface area contributed by atoms with Gasteiger partial charge in [0.05, 0.1) is 22.0 Å². The van der Waals surface area contributed by atoms with Crippen molar-refractivity contribution in [3.05, 3.63) is 34.9 Å². The molecule has 0 saturated carbocycles. The van der Waals surface area contributed by atoms with Gasteiger partial charge in [-0.1, -0.05) is 28.9 Å². The van der Waals surface area contributed by atoms with Crippen LogP contribution < -0.4 is 0 Å². The van der Waals surface area contributed by atoms with E-state index in [0.29, 0.717) is 12.0 Å². The third kappa shape index (κ3) is 4.06. The highest BCUT2D eigenvalue weighted by molar-refractivity contribution is 9.10. The molecule has 1 unspecified atom stereocenters. The lowest BCUT2D eigenvalue weighted by molar-refractivity contribution is -0.137. The van der Waals surface area contributed by atoms with E-state index < -0.39 is 16.6 Å². The van der Waals surface area contributed by atoms with E-state index >= 15 is 0 Å². The van der Waals surface area contributed by atoms with Gasteiger partial charge in [-0.3, -0.25) is 4.79 Å². The number of nitriles is 1. The van der Waals surface area contributed by atoms with Gasteiger partial charge in [0.2, 0.25) is 0 Å². The van der Waals surface area contributed by atoms with E-state index in [9.17, 15) is 18.0 Å². The van der Waals surface area contributed by atoms with Crippen molar-refractivity contribution in [1.29, 1.82) is 5.26 Å². The number of benzene rings is 1. The largest absolute Gasteiger partial charge is 0.416 e. The molecule has 1 atom stereocenters. The van der Waals surface area contributed by atoms with Gasteiger partial charge in [0.1, 0.15) is 5.78 Å². The van der Waals surface area contributed by atoms with Crippen LogP contribution in [-0.4, -0.2) is 10.6 Å². The van der Waals surface area contributed by atoms with Crippen LogP contribution in [0, 0.1) is 11.3 Å². The number of carbonyl (C=O) groups is 1. The minimum atomic E-state index is -4.48. The highest BCUT2D eigenvalue weighted by Crippen LogP contribution is 2.31. The van der Waals surface area contributed by atoms with E-state index in [1.165, 1.54) is 6.07 Å². The van der Waals surface area contributed by atoms with Crippen molar-refractivity contribution >= 4 is 21.7 Å². The van der Waals surface area contributed by atoms with Gasteiger partial charge in [-0.25, -0.2) is 0 Å².